The molecule has 5 nitrogen and oxygen atoms in total. The lowest BCUT2D eigenvalue weighted by molar-refractivity contribution is -0.121. The van der Waals surface area contributed by atoms with E-state index in [-0.39, 0.29) is 11.7 Å². The minimum atomic E-state index is -3.82. The van der Waals surface area contributed by atoms with Crippen LogP contribution >= 0.6 is 0 Å². The quantitative estimate of drug-likeness (QED) is 0.892. The summed E-state index contributed by atoms with van der Waals surface area (Å²) < 4.78 is 50.9. The van der Waals surface area contributed by atoms with E-state index in [0.29, 0.717) is 0 Å². The lowest BCUT2D eigenvalue weighted by Crippen LogP contribution is -2.48. The molecule has 0 saturated heterocycles. The van der Waals surface area contributed by atoms with Crippen molar-refractivity contribution in [3.05, 3.63) is 29.8 Å². The Balaban J connectivity index is 2.33. The van der Waals surface area contributed by atoms with Gasteiger partial charge in [-0.15, -0.1) is 0 Å². The molecule has 0 bridgehead atoms. The van der Waals surface area contributed by atoms with Crippen LogP contribution in [0.1, 0.15) is 19.8 Å². The molecule has 0 radical (unpaired) electrons. The van der Waals surface area contributed by atoms with Gasteiger partial charge >= 0.3 is 0 Å². The van der Waals surface area contributed by atoms with Crippen LogP contribution in [-0.2, 0) is 14.8 Å². The lowest BCUT2D eigenvalue weighted by atomic mass is 10.2. The van der Waals surface area contributed by atoms with Crippen LogP contribution in [0.4, 0.5) is 14.5 Å². The Morgan fingerprint density at radius 2 is 1.95 bits per heavy atom. The van der Waals surface area contributed by atoms with Gasteiger partial charge in [-0.3, -0.25) is 9.10 Å². The standard InChI is InChI=1S/C13H16F2N2O3S/c1-8(13(18)16-9-3-4-9)17(21(2,19)20)10-5-6-11(14)12(15)7-10/h5-9H,3-4H2,1-2H3,(H,16,18). The van der Waals surface area contributed by atoms with E-state index in [1.807, 2.05) is 0 Å². The van der Waals surface area contributed by atoms with Crippen LogP contribution in [0.15, 0.2) is 18.2 Å². The maximum atomic E-state index is 13.3. The molecular formula is C13H16F2N2O3S. The zero-order valence-corrected chi connectivity index (χ0v) is 12.5. The van der Waals surface area contributed by atoms with Crippen LogP contribution in [-0.4, -0.2) is 32.7 Å². The lowest BCUT2D eigenvalue weighted by Gasteiger charge is -2.28. The molecule has 1 aromatic carbocycles. The van der Waals surface area contributed by atoms with Gasteiger partial charge in [-0.25, -0.2) is 17.2 Å². The fourth-order valence-corrected chi connectivity index (χ4v) is 3.15. The van der Waals surface area contributed by atoms with Gasteiger partial charge < -0.3 is 5.32 Å². The molecule has 1 aliphatic rings. The van der Waals surface area contributed by atoms with Crippen molar-refractivity contribution >= 4 is 21.6 Å². The van der Waals surface area contributed by atoms with E-state index in [1.165, 1.54) is 6.92 Å². The van der Waals surface area contributed by atoms with Gasteiger partial charge in [0.1, 0.15) is 6.04 Å². The summed E-state index contributed by atoms with van der Waals surface area (Å²) in [6, 6.07) is 1.74. The molecule has 0 aromatic heterocycles. The van der Waals surface area contributed by atoms with Crippen molar-refractivity contribution in [2.45, 2.75) is 31.8 Å². The number of hydrogen-bond acceptors (Lipinski definition) is 3. The Morgan fingerprint density at radius 3 is 2.43 bits per heavy atom. The third-order valence-electron chi connectivity index (χ3n) is 3.17. The second-order valence-electron chi connectivity index (χ2n) is 5.12. The molecule has 1 fully saturated rings. The number of anilines is 1. The normalized spacial score (nSPS) is 16.4. The number of carbonyl (C=O) groups excluding carboxylic acids is 1. The molecule has 116 valence electrons. The molecule has 1 amide bonds. The van der Waals surface area contributed by atoms with Crippen molar-refractivity contribution < 1.29 is 22.0 Å². The van der Waals surface area contributed by atoms with Crippen LogP contribution < -0.4 is 9.62 Å². The topological polar surface area (TPSA) is 66.5 Å². The van der Waals surface area contributed by atoms with Gasteiger partial charge in [-0.1, -0.05) is 0 Å². The highest BCUT2D eigenvalue weighted by Crippen LogP contribution is 2.24. The number of carbonyl (C=O) groups is 1. The van der Waals surface area contributed by atoms with E-state index >= 15 is 0 Å². The maximum Gasteiger partial charge on any atom is 0.243 e. The zero-order valence-electron chi connectivity index (χ0n) is 11.6. The summed E-state index contributed by atoms with van der Waals surface area (Å²) >= 11 is 0. The minimum absolute atomic E-state index is 0.0753. The molecular weight excluding hydrogens is 302 g/mol. The van der Waals surface area contributed by atoms with Gasteiger partial charge in [-0.05, 0) is 31.9 Å². The average Bonchev–Trinajstić information content (AvgIpc) is 3.16. The van der Waals surface area contributed by atoms with Crippen LogP contribution in [0.5, 0.6) is 0 Å². The molecule has 1 N–H and O–H groups in total. The molecule has 21 heavy (non-hydrogen) atoms. The van der Waals surface area contributed by atoms with Gasteiger partial charge in [0.25, 0.3) is 0 Å². The summed E-state index contributed by atoms with van der Waals surface area (Å²) in [5, 5.41) is 2.69. The minimum Gasteiger partial charge on any atom is -0.352 e. The smallest absolute Gasteiger partial charge is 0.243 e. The van der Waals surface area contributed by atoms with E-state index in [1.54, 1.807) is 0 Å². The van der Waals surface area contributed by atoms with Gasteiger partial charge in [0.15, 0.2) is 11.6 Å². The first-order chi connectivity index (χ1) is 9.70. The van der Waals surface area contributed by atoms with Gasteiger partial charge in [0.2, 0.25) is 15.9 Å². The van der Waals surface area contributed by atoms with E-state index in [4.69, 9.17) is 0 Å². The second-order valence-corrected chi connectivity index (χ2v) is 6.98. The number of hydrogen-bond donors (Lipinski definition) is 1. The largest absolute Gasteiger partial charge is 0.352 e. The third-order valence-corrected chi connectivity index (χ3v) is 4.41. The van der Waals surface area contributed by atoms with Crippen molar-refractivity contribution in [3.63, 3.8) is 0 Å². The molecule has 1 aromatic rings. The summed E-state index contributed by atoms with van der Waals surface area (Å²) in [5.41, 5.74) is -0.0881. The van der Waals surface area contributed by atoms with Crippen molar-refractivity contribution in [2.24, 2.45) is 0 Å². The number of sulfonamides is 1. The molecule has 0 aliphatic heterocycles. The SMILES string of the molecule is CC(C(=O)NC1CC1)N(c1ccc(F)c(F)c1)S(C)(=O)=O. The van der Waals surface area contributed by atoms with E-state index in [9.17, 15) is 22.0 Å². The number of rotatable bonds is 5. The summed E-state index contributed by atoms with van der Waals surface area (Å²) in [5.74, 6) is -2.72. The Kier molecular flexibility index (Phi) is 4.18. The summed E-state index contributed by atoms with van der Waals surface area (Å²) in [6.07, 6.45) is 2.64. The van der Waals surface area contributed by atoms with Gasteiger partial charge in [-0.2, -0.15) is 0 Å². The van der Waals surface area contributed by atoms with Gasteiger partial charge in [0.05, 0.1) is 11.9 Å². The van der Waals surface area contributed by atoms with Crippen LogP contribution in [0.3, 0.4) is 0 Å². The molecule has 1 aliphatic carbocycles. The number of amides is 1. The number of nitrogens with zero attached hydrogens (tertiary/aromatic N) is 1. The van der Waals surface area contributed by atoms with Crippen LogP contribution in [0.25, 0.3) is 0 Å². The molecule has 0 spiro atoms. The van der Waals surface area contributed by atoms with Gasteiger partial charge in [0, 0.05) is 12.1 Å². The number of halogens is 2. The molecule has 1 unspecified atom stereocenters. The van der Waals surface area contributed by atoms with E-state index < -0.39 is 33.6 Å². The van der Waals surface area contributed by atoms with Crippen molar-refractivity contribution in [3.8, 4) is 0 Å². The Morgan fingerprint density at radius 1 is 1.33 bits per heavy atom. The summed E-state index contributed by atoms with van der Waals surface area (Å²) in [7, 11) is -3.82. The first-order valence-corrected chi connectivity index (χ1v) is 8.30. The van der Waals surface area contributed by atoms with Crippen molar-refractivity contribution in [2.75, 3.05) is 10.6 Å². The predicted molar refractivity (Wildman–Crippen MR) is 74.3 cm³/mol. The Bertz CT molecular complexity index is 659. The highest BCUT2D eigenvalue weighted by atomic mass is 32.2. The fraction of sp³-hybridized carbons (Fsp3) is 0.462. The first-order valence-electron chi connectivity index (χ1n) is 6.45. The average molecular weight is 318 g/mol. The van der Waals surface area contributed by atoms with E-state index in [0.717, 1.165) is 41.6 Å². The summed E-state index contributed by atoms with van der Waals surface area (Å²) in [4.78, 5) is 12.0. The molecule has 8 heteroatoms. The fourth-order valence-electron chi connectivity index (χ4n) is 1.98. The highest BCUT2D eigenvalue weighted by Gasteiger charge is 2.32. The monoisotopic (exact) mass is 318 g/mol. The summed E-state index contributed by atoms with van der Waals surface area (Å²) in [6.45, 7) is 1.40. The van der Waals surface area contributed by atoms with E-state index in [2.05, 4.69) is 5.32 Å². The maximum absolute atomic E-state index is 13.3. The molecule has 1 saturated carbocycles. The Hall–Kier alpha value is -1.70. The third kappa shape index (κ3) is 3.69. The number of nitrogens with one attached hydrogen (secondary N) is 1. The van der Waals surface area contributed by atoms with Crippen LogP contribution in [0, 0.1) is 11.6 Å². The molecule has 0 heterocycles. The number of benzene rings is 1. The van der Waals surface area contributed by atoms with Crippen molar-refractivity contribution in [1.29, 1.82) is 0 Å². The molecule has 2 rings (SSSR count). The second kappa shape index (κ2) is 5.59. The first kappa shape index (κ1) is 15.7. The highest BCUT2D eigenvalue weighted by molar-refractivity contribution is 7.92. The van der Waals surface area contributed by atoms with Crippen LogP contribution in [0.2, 0.25) is 0 Å². The van der Waals surface area contributed by atoms with Crippen molar-refractivity contribution in [1.82, 2.24) is 5.32 Å². The zero-order chi connectivity index (χ0) is 15.8. The predicted octanol–water partition coefficient (Wildman–Crippen LogP) is 1.40. The molecule has 1 atom stereocenters. The Labute approximate surface area is 122 Å².